The van der Waals surface area contributed by atoms with E-state index >= 15 is 0 Å². The highest BCUT2D eigenvalue weighted by molar-refractivity contribution is 5.79. The summed E-state index contributed by atoms with van der Waals surface area (Å²) in [4.78, 5) is 4.56. The van der Waals surface area contributed by atoms with Gasteiger partial charge in [-0.15, -0.1) is 6.58 Å². The van der Waals surface area contributed by atoms with Crippen LogP contribution in [0.2, 0.25) is 0 Å². The molecule has 0 aliphatic carbocycles. The van der Waals surface area contributed by atoms with Crippen molar-refractivity contribution in [1.82, 2.24) is 10.6 Å². The molecule has 28 heavy (non-hydrogen) atoms. The number of rotatable bonds is 14. The van der Waals surface area contributed by atoms with Crippen LogP contribution in [0.25, 0.3) is 0 Å². The van der Waals surface area contributed by atoms with Gasteiger partial charge in [-0.05, 0) is 24.1 Å². The second-order valence-corrected chi connectivity index (χ2v) is 6.16. The molecule has 0 bridgehead atoms. The van der Waals surface area contributed by atoms with Crippen molar-refractivity contribution in [2.45, 2.75) is 19.4 Å². The summed E-state index contributed by atoms with van der Waals surface area (Å²) in [5.41, 5.74) is 1.18. The summed E-state index contributed by atoms with van der Waals surface area (Å²) in [5.74, 6) is 1.73. The van der Waals surface area contributed by atoms with Gasteiger partial charge < -0.3 is 24.5 Å². The Labute approximate surface area is 167 Å². The van der Waals surface area contributed by atoms with E-state index in [9.17, 15) is 0 Å². The minimum atomic E-state index is 0.596. The van der Waals surface area contributed by atoms with E-state index in [2.05, 4.69) is 34.3 Å². The molecule has 0 saturated carbocycles. The minimum absolute atomic E-state index is 0.596. The molecule has 0 unspecified atom stereocenters. The SMILES string of the molecule is C=CCNC(=NCCCOCCOCc1ccccc1)NCCc1ccco1. The van der Waals surface area contributed by atoms with Gasteiger partial charge in [0.15, 0.2) is 5.96 Å². The third-order valence-electron chi connectivity index (χ3n) is 3.86. The minimum Gasteiger partial charge on any atom is -0.469 e. The van der Waals surface area contributed by atoms with Crippen molar-refractivity contribution in [2.75, 3.05) is 39.5 Å². The highest BCUT2D eigenvalue weighted by Crippen LogP contribution is 2.00. The molecule has 1 aromatic heterocycles. The summed E-state index contributed by atoms with van der Waals surface area (Å²) >= 11 is 0. The molecular formula is C22H31N3O3. The van der Waals surface area contributed by atoms with Gasteiger partial charge in [-0.2, -0.15) is 0 Å². The van der Waals surface area contributed by atoms with Gasteiger partial charge in [0.2, 0.25) is 0 Å². The lowest BCUT2D eigenvalue weighted by Crippen LogP contribution is -2.38. The summed E-state index contributed by atoms with van der Waals surface area (Å²) in [5, 5.41) is 6.51. The fourth-order valence-electron chi connectivity index (χ4n) is 2.44. The molecule has 6 heteroatoms. The van der Waals surface area contributed by atoms with Crippen molar-refractivity contribution in [2.24, 2.45) is 4.99 Å². The molecule has 0 aliphatic heterocycles. The van der Waals surface area contributed by atoms with Crippen LogP contribution in [-0.4, -0.2) is 45.4 Å². The first-order valence-electron chi connectivity index (χ1n) is 9.73. The predicted molar refractivity (Wildman–Crippen MR) is 112 cm³/mol. The van der Waals surface area contributed by atoms with E-state index in [-0.39, 0.29) is 0 Å². The van der Waals surface area contributed by atoms with Crippen molar-refractivity contribution in [3.63, 3.8) is 0 Å². The normalized spacial score (nSPS) is 11.4. The quantitative estimate of drug-likeness (QED) is 0.226. The van der Waals surface area contributed by atoms with E-state index in [0.717, 1.165) is 31.1 Å². The maximum absolute atomic E-state index is 5.60. The molecule has 1 aromatic carbocycles. The van der Waals surface area contributed by atoms with Crippen molar-refractivity contribution in [3.05, 3.63) is 72.7 Å². The number of hydrogen-bond donors (Lipinski definition) is 2. The zero-order valence-corrected chi connectivity index (χ0v) is 16.4. The fourth-order valence-corrected chi connectivity index (χ4v) is 2.44. The van der Waals surface area contributed by atoms with Crippen LogP contribution >= 0.6 is 0 Å². The summed E-state index contributed by atoms with van der Waals surface area (Å²) < 4.78 is 16.5. The van der Waals surface area contributed by atoms with Crippen molar-refractivity contribution in [1.29, 1.82) is 0 Å². The molecule has 2 aromatic rings. The van der Waals surface area contributed by atoms with E-state index in [4.69, 9.17) is 13.9 Å². The van der Waals surface area contributed by atoms with Crippen LogP contribution < -0.4 is 10.6 Å². The Hall–Kier alpha value is -2.57. The van der Waals surface area contributed by atoms with Gasteiger partial charge in [-0.3, -0.25) is 4.99 Å². The number of furan rings is 1. The van der Waals surface area contributed by atoms with Crippen LogP contribution in [-0.2, 0) is 22.5 Å². The van der Waals surface area contributed by atoms with E-state index < -0.39 is 0 Å². The summed E-state index contributed by atoms with van der Waals surface area (Å²) in [6.45, 7) is 8.32. The van der Waals surface area contributed by atoms with E-state index in [1.165, 1.54) is 5.56 Å². The van der Waals surface area contributed by atoms with Gasteiger partial charge in [-0.25, -0.2) is 0 Å². The maximum atomic E-state index is 5.60. The van der Waals surface area contributed by atoms with Gasteiger partial charge >= 0.3 is 0 Å². The molecule has 0 amide bonds. The zero-order chi connectivity index (χ0) is 19.7. The predicted octanol–water partition coefficient (Wildman–Crippen LogP) is 3.17. The van der Waals surface area contributed by atoms with E-state index in [0.29, 0.717) is 39.5 Å². The summed E-state index contributed by atoms with van der Waals surface area (Å²) in [6, 6.07) is 14.0. The third kappa shape index (κ3) is 9.94. The van der Waals surface area contributed by atoms with Crippen LogP contribution in [0.15, 0.2) is 70.8 Å². The largest absolute Gasteiger partial charge is 0.469 e. The van der Waals surface area contributed by atoms with Crippen molar-refractivity contribution in [3.8, 4) is 0 Å². The summed E-state index contributed by atoms with van der Waals surface area (Å²) in [6.07, 6.45) is 5.17. The number of benzene rings is 1. The van der Waals surface area contributed by atoms with Crippen LogP contribution in [0, 0.1) is 0 Å². The molecule has 152 valence electrons. The first-order chi connectivity index (χ1) is 13.9. The molecule has 1 heterocycles. The van der Waals surface area contributed by atoms with Gasteiger partial charge in [0.05, 0.1) is 26.1 Å². The smallest absolute Gasteiger partial charge is 0.191 e. The Morgan fingerprint density at radius 3 is 2.68 bits per heavy atom. The molecule has 2 N–H and O–H groups in total. The first kappa shape index (κ1) is 21.7. The molecule has 2 rings (SSSR count). The second-order valence-electron chi connectivity index (χ2n) is 6.16. The lowest BCUT2D eigenvalue weighted by molar-refractivity contribution is 0.0403. The number of nitrogens with one attached hydrogen (secondary N) is 2. The van der Waals surface area contributed by atoms with Crippen LogP contribution in [0.3, 0.4) is 0 Å². The number of aliphatic imine (C=N–C) groups is 1. The standard InChI is InChI=1S/C22H31N3O3/c1-2-12-23-22(25-14-11-21-10-6-16-28-21)24-13-7-15-26-17-18-27-19-20-8-4-3-5-9-20/h2-6,8-10,16H,1,7,11-15,17-19H2,(H2,23,24,25). The Kier molecular flexibility index (Phi) is 11.2. The van der Waals surface area contributed by atoms with E-state index in [1.54, 1.807) is 6.26 Å². The lowest BCUT2D eigenvalue weighted by atomic mass is 10.2. The fraction of sp³-hybridized carbons (Fsp3) is 0.409. The zero-order valence-electron chi connectivity index (χ0n) is 16.4. The highest BCUT2D eigenvalue weighted by Gasteiger charge is 1.99. The van der Waals surface area contributed by atoms with Crippen molar-refractivity contribution < 1.29 is 13.9 Å². The van der Waals surface area contributed by atoms with Gasteiger partial charge in [-0.1, -0.05) is 36.4 Å². The number of ether oxygens (including phenoxy) is 2. The monoisotopic (exact) mass is 385 g/mol. The van der Waals surface area contributed by atoms with Gasteiger partial charge in [0, 0.05) is 32.7 Å². The second kappa shape index (κ2) is 14.5. The lowest BCUT2D eigenvalue weighted by Gasteiger charge is -2.11. The molecule has 0 saturated heterocycles. The molecule has 0 aliphatic rings. The Morgan fingerprint density at radius 1 is 1.04 bits per heavy atom. The average Bonchev–Trinajstić information content (AvgIpc) is 3.24. The maximum Gasteiger partial charge on any atom is 0.191 e. The molecule has 0 fully saturated rings. The Balaban J connectivity index is 1.51. The number of guanidine groups is 1. The molecule has 0 radical (unpaired) electrons. The van der Waals surface area contributed by atoms with Gasteiger partial charge in [0.1, 0.15) is 5.76 Å². The van der Waals surface area contributed by atoms with Crippen molar-refractivity contribution >= 4 is 5.96 Å². The number of nitrogens with zero attached hydrogens (tertiary/aromatic N) is 1. The van der Waals surface area contributed by atoms with E-state index in [1.807, 2.05) is 36.4 Å². The first-order valence-corrected chi connectivity index (χ1v) is 9.73. The molecule has 0 atom stereocenters. The van der Waals surface area contributed by atoms with Crippen LogP contribution in [0.4, 0.5) is 0 Å². The molecular weight excluding hydrogens is 354 g/mol. The number of hydrogen-bond acceptors (Lipinski definition) is 4. The van der Waals surface area contributed by atoms with Crippen LogP contribution in [0.1, 0.15) is 17.7 Å². The van der Waals surface area contributed by atoms with Gasteiger partial charge in [0.25, 0.3) is 0 Å². The molecule has 0 spiro atoms. The summed E-state index contributed by atoms with van der Waals surface area (Å²) in [7, 11) is 0. The highest BCUT2D eigenvalue weighted by atomic mass is 16.5. The Morgan fingerprint density at radius 2 is 1.89 bits per heavy atom. The topological polar surface area (TPSA) is 68.0 Å². The van der Waals surface area contributed by atoms with Crippen LogP contribution in [0.5, 0.6) is 0 Å². The third-order valence-corrected chi connectivity index (χ3v) is 3.86. The molecule has 6 nitrogen and oxygen atoms in total. The average molecular weight is 386 g/mol. The Bertz CT molecular complexity index is 657.